The van der Waals surface area contributed by atoms with Crippen LogP contribution in [0.5, 0.6) is 0 Å². The summed E-state index contributed by atoms with van der Waals surface area (Å²) in [5, 5.41) is 4.47. The van der Waals surface area contributed by atoms with Crippen LogP contribution in [-0.4, -0.2) is 60.0 Å². The molecule has 34 heavy (non-hydrogen) atoms. The largest absolute Gasteiger partial charge is 0.416 e. The lowest BCUT2D eigenvalue weighted by molar-refractivity contribution is -0.137. The fraction of sp³-hybridized carbons (Fsp3) is 0.423. The molecule has 0 spiro atoms. The number of piperazine rings is 1. The van der Waals surface area contributed by atoms with Gasteiger partial charge in [0.25, 0.3) is 5.91 Å². The maximum atomic E-state index is 13.1. The quantitative estimate of drug-likeness (QED) is 0.586. The molecule has 3 aromatic rings. The second-order valence-corrected chi connectivity index (χ2v) is 9.32. The Bertz CT molecular complexity index is 1140. The van der Waals surface area contributed by atoms with Crippen LogP contribution >= 0.6 is 0 Å². The zero-order valence-electron chi connectivity index (χ0n) is 19.0. The summed E-state index contributed by atoms with van der Waals surface area (Å²) >= 11 is 0. The van der Waals surface area contributed by atoms with Crippen LogP contribution in [0.2, 0.25) is 0 Å². The Morgan fingerprint density at radius 2 is 1.65 bits per heavy atom. The van der Waals surface area contributed by atoms with E-state index in [1.165, 1.54) is 17.7 Å². The molecular weight excluding hydrogens is 441 g/mol. The standard InChI is InChI=1S/C26H29F3N4O/c27-26(28,29)22-4-1-18(2-5-22)17-32-11-13-33(14-12-32)25(34)24-16-21-15-20(3-6-23(21)31-24)19-7-9-30-10-8-19/h1-6,15-16,19,30-31H,7-14,17H2. The molecule has 3 heterocycles. The molecule has 2 fully saturated rings. The van der Waals surface area contributed by atoms with Crippen molar-refractivity contribution >= 4 is 16.8 Å². The molecule has 2 saturated heterocycles. The second-order valence-electron chi connectivity index (χ2n) is 9.32. The van der Waals surface area contributed by atoms with Crippen LogP contribution < -0.4 is 5.32 Å². The number of rotatable bonds is 4. The molecular formula is C26H29F3N4O. The van der Waals surface area contributed by atoms with Crippen molar-refractivity contribution in [3.05, 3.63) is 70.9 Å². The fourth-order valence-corrected chi connectivity index (χ4v) is 5.01. The molecule has 5 nitrogen and oxygen atoms in total. The summed E-state index contributed by atoms with van der Waals surface area (Å²) in [7, 11) is 0. The molecule has 5 rings (SSSR count). The molecule has 2 N–H and O–H groups in total. The van der Waals surface area contributed by atoms with Gasteiger partial charge in [0.15, 0.2) is 0 Å². The van der Waals surface area contributed by atoms with Gasteiger partial charge in [-0.1, -0.05) is 18.2 Å². The SMILES string of the molecule is O=C(c1cc2cc(C3CCNCC3)ccc2[nH]1)N1CCN(Cc2ccc(C(F)(F)F)cc2)CC1. The summed E-state index contributed by atoms with van der Waals surface area (Å²) < 4.78 is 38.3. The Kier molecular flexibility index (Phi) is 6.36. The van der Waals surface area contributed by atoms with Gasteiger partial charge in [-0.3, -0.25) is 9.69 Å². The van der Waals surface area contributed by atoms with Gasteiger partial charge in [-0.2, -0.15) is 13.2 Å². The number of H-pyrrole nitrogens is 1. The number of hydrogen-bond acceptors (Lipinski definition) is 3. The summed E-state index contributed by atoms with van der Waals surface area (Å²) in [5.41, 5.74) is 3.13. The number of nitrogens with zero attached hydrogens (tertiary/aromatic N) is 2. The van der Waals surface area contributed by atoms with Crippen LogP contribution in [-0.2, 0) is 12.7 Å². The Hall–Kier alpha value is -2.84. The van der Waals surface area contributed by atoms with Gasteiger partial charge in [0, 0.05) is 43.6 Å². The Morgan fingerprint density at radius 3 is 2.32 bits per heavy atom. The monoisotopic (exact) mass is 470 g/mol. The molecule has 2 aromatic carbocycles. The van der Waals surface area contributed by atoms with Gasteiger partial charge in [-0.05, 0) is 73.3 Å². The Balaban J connectivity index is 1.19. The number of aromatic amines is 1. The molecule has 1 aromatic heterocycles. The molecule has 2 aliphatic heterocycles. The third-order valence-corrected chi connectivity index (χ3v) is 7.03. The predicted molar refractivity (Wildman–Crippen MR) is 126 cm³/mol. The maximum absolute atomic E-state index is 13.1. The van der Waals surface area contributed by atoms with E-state index in [1.807, 2.05) is 11.0 Å². The lowest BCUT2D eigenvalue weighted by Crippen LogP contribution is -2.48. The highest BCUT2D eigenvalue weighted by Crippen LogP contribution is 2.30. The van der Waals surface area contributed by atoms with Crippen molar-refractivity contribution in [3.63, 3.8) is 0 Å². The minimum absolute atomic E-state index is 0.00574. The van der Waals surface area contributed by atoms with Crippen LogP contribution in [0.4, 0.5) is 13.2 Å². The lowest BCUT2D eigenvalue weighted by atomic mass is 9.90. The number of benzene rings is 2. The van der Waals surface area contributed by atoms with Crippen LogP contribution in [0.25, 0.3) is 10.9 Å². The zero-order chi connectivity index (χ0) is 23.7. The molecule has 0 unspecified atom stereocenters. The van der Waals surface area contributed by atoms with Gasteiger partial charge in [-0.25, -0.2) is 0 Å². The van der Waals surface area contributed by atoms with E-state index in [0.29, 0.717) is 44.3 Å². The highest BCUT2D eigenvalue weighted by atomic mass is 19.4. The average Bonchev–Trinajstić information content (AvgIpc) is 3.28. The van der Waals surface area contributed by atoms with Crippen molar-refractivity contribution in [2.45, 2.75) is 31.5 Å². The smallest absolute Gasteiger partial charge is 0.351 e. The van der Waals surface area contributed by atoms with Crippen molar-refractivity contribution in [1.29, 1.82) is 0 Å². The third-order valence-electron chi connectivity index (χ3n) is 7.03. The number of nitrogens with one attached hydrogen (secondary N) is 2. The van der Waals surface area contributed by atoms with Crippen LogP contribution in [0, 0.1) is 0 Å². The van der Waals surface area contributed by atoms with E-state index in [-0.39, 0.29) is 5.91 Å². The molecule has 1 amide bonds. The van der Waals surface area contributed by atoms with E-state index in [0.717, 1.165) is 54.5 Å². The zero-order valence-corrected chi connectivity index (χ0v) is 19.0. The first-order valence-electron chi connectivity index (χ1n) is 11.9. The topological polar surface area (TPSA) is 51.4 Å². The first-order valence-corrected chi connectivity index (χ1v) is 11.9. The third kappa shape index (κ3) is 4.98. The van der Waals surface area contributed by atoms with Gasteiger partial charge in [0.05, 0.1) is 5.56 Å². The second kappa shape index (κ2) is 9.43. The molecule has 0 bridgehead atoms. The van der Waals surface area contributed by atoms with E-state index >= 15 is 0 Å². The normalized spacial score (nSPS) is 18.5. The van der Waals surface area contributed by atoms with Crippen LogP contribution in [0.3, 0.4) is 0 Å². The molecule has 0 saturated carbocycles. The average molecular weight is 471 g/mol. The number of halogens is 3. The number of carbonyl (C=O) groups excluding carboxylic acids is 1. The Labute approximate surface area is 196 Å². The van der Waals surface area contributed by atoms with Crippen molar-refractivity contribution in [3.8, 4) is 0 Å². The maximum Gasteiger partial charge on any atom is 0.416 e. The fourth-order valence-electron chi connectivity index (χ4n) is 5.01. The van der Waals surface area contributed by atoms with Gasteiger partial charge >= 0.3 is 6.18 Å². The summed E-state index contributed by atoms with van der Waals surface area (Å²) in [5.74, 6) is 0.561. The molecule has 0 radical (unpaired) electrons. The van der Waals surface area contributed by atoms with Crippen LogP contribution in [0.15, 0.2) is 48.5 Å². The Morgan fingerprint density at radius 1 is 0.941 bits per heavy atom. The van der Waals surface area contributed by atoms with Crippen molar-refractivity contribution in [2.75, 3.05) is 39.3 Å². The minimum Gasteiger partial charge on any atom is -0.351 e. The number of piperidine rings is 1. The van der Waals surface area contributed by atoms with Crippen molar-refractivity contribution in [1.82, 2.24) is 20.1 Å². The van der Waals surface area contributed by atoms with Gasteiger partial charge < -0.3 is 15.2 Å². The van der Waals surface area contributed by atoms with Gasteiger partial charge in [0.2, 0.25) is 0 Å². The number of alkyl halides is 3. The van der Waals surface area contributed by atoms with E-state index in [9.17, 15) is 18.0 Å². The molecule has 0 aliphatic carbocycles. The van der Waals surface area contributed by atoms with E-state index in [4.69, 9.17) is 0 Å². The van der Waals surface area contributed by atoms with E-state index in [2.05, 4.69) is 33.4 Å². The summed E-state index contributed by atoms with van der Waals surface area (Å²) in [6.07, 6.45) is -2.04. The predicted octanol–water partition coefficient (Wildman–Crippen LogP) is 4.61. The van der Waals surface area contributed by atoms with Crippen LogP contribution in [0.1, 0.15) is 45.9 Å². The number of amides is 1. The molecule has 0 atom stereocenters. The number of fused-ring (bicyclic) bond motifs is 1. The molecule has 8 heteroatoms. The van der Waals surface area contributed by atoms with E-state index < -0.39 is 11.7 Å². The number of hydrogen-bond donors (Lipinski definition) is 2. The summed E-state index contributed by atoms with van der Waals surface area (Å²) in [6.45, 7) is 5.23. The number of carbonyl (C=O) groups is 1. The highest BCUT2D eigenvalue weighted by molar-refractivity contribution is 5.98. The first-order chi connectivity index (χ1) is 16.4. The lowest BCUT2D eigenvalue weighted by Gasteiger charge is -2.34. The highest BCUT2D eigenvalue weighted by Gasteiger charge is 2.30. The minimum atomic E-state index is -4.32. The van der Waals surface area contributed by atoms with Crippen molar-refractivity contribution < 1.29 is 18.0 Å². The summed E-state index contributed by atoms with van der Waals surface area (Å²) in [4.78, 5) is 20.4. The molecule has 2 aliphatic rings. The van der Waals surface area contributed by atoms with E-state index in [1.54, 1.807) is 0 Å². The van der Waals surface area contributed by atoms with Gasteiger partial charge in [-0.15, -0.1) is 0 Å². The first kappa shape index (κ1) is 22.9. The molecule has 180 valence electrons. The summed E-state index contributed by atoms with van der Waals surface area (Å²) in [6, 6.07) is 13.7. The van der Waals surface area contributed by atoms with Crippen molar-refractivity contribution in [2.24, 2.45) is 0 Å². The van der Waals surface area contributed by atoms with Gasteiger partial charge in [0.1, 0.15) is 5.69 Å². The number of aromatic nitrogens is 1.